The molecule has 1 N–H and O–H groups in total. The van der Waals surface area contributed by atoms with Crippen molar-refractivity contribution in [2.45, 2.75) is 13.0 Å². The second-order valence-corrected chi connectivity index (χ2v) is 5.37. The van der Waals surface area contributed by atoms with Crippen molar-refractivity contribution in [2.75, 3.05) is 12.4 Å². The quantitative estimate of drug-likeness (QED) is 0.771. The number of anilines is 1. The highest BCUT2D eigenvalue weighted by molar-refractivity contribution is 9.10. The molecule has 2 aromatic carbocycles. The Hall–Kier alpha value is -1.69. The van der Waals surface area contributed by atoms with Crippen LogP contribution in [0.1, 0.15) is 18.5 Å². The van der Waals surface area contributed by atoms with Crippen LogP contribution in [0.2, 0.25) is 0 Å². The fourth-order valence-corrected chi connectivity index (χ4v) is 2.48. The van der Waals surface area contributed by atoms with Crippen LogP contribution in [0.25, 0.3) is 0 Å². The van der Waals surface area contributed by atoms with Gasteiger partial charge in [-0.1, -0.05) is 6.07 Å². The van der Waals surface area contributed by atoms with Gasteiger partial charge in [-0.25, -0.2) is 13.2 Å². The first-order valence-corrected chi connectivity index (χ1v) is 6.96. The van der Waals surface area contributed by atoms with Crippen molar-refractivity contribution in [1.29, 1.82) is 0 Å². The van der Waals surface area contributed by atoms with Gasteiger partial charge < -0.3 is 10.1 Å². The third-order valence-corrected chi connectivity index (χ3v) is 3.66. The molecule has 0 aliphatic rings. The van der Waals surface area contributed by atoms with Gasteiger partial charge in [0.15, 0.2) is 17.5 Å². The van der Waals surface area contributed by atoms with E-state index in [2.05, 4.69) is 21.2 Å². The van der Waals surface area contributed by atoms with Gasteiger partial charge in [0.1, 0.15) is 5.75 Å². The zero-order valence-electron chi connectivity index (χ0n) is 11.4. The van der Waals surface area contributed by atoms with E-state index in [9.17, 15) is 13.2 Å². The molecule has 0 bridgehead atoms. The number of methoxy groups -OCH3 is 1. The Morgan fingerprint density at radius 2 is 1.71 bits per heavy atom. The van der Waals surface area contributed by atoms with Crippen LogP contribution in [0.3, 0.4) is 0 Å². The Morgan fingerprint density at radius 3 is 2.24 bits per heavy atom. The monoisotopic (exact) mass is 359 g/mol. The first-order chi connectivity index (χ1) is 9.92. The fraction of sp³-hybridized carbons (Fsp3) is 0.200. The van der Waals surface area contributed by atoms with E-state index in [4.69, 9.17) is 4.74 Å². The summed E-state index contributed by atoms with van der Waals surface area (Å²) in [5.74, 6) is -3.23. The number of nitrogens with one attached hydrogen (secondary N) is 1. The summed E-state index contributed by atoms with van der Waals surface area (Å²) in [7, 11) is 1.56. The second-order valence-electron chi connectivity index (χ2n) is 4.51. The molecule has 0 aromatic heterocycles. The smallest absolute Gasteiger partial charge is 0.194 e. The molecule has 0 saturated carbocycles. The lowest BCUT2D eigenvalue weighted by molar-refractivity contribution is 0.412. The third kappa shape index (κ3) is 3.50. The summed E-state index contributed by atoms with van der Waals surface area (Å²) in [5, 5.41) is 2.92. The minimum absolute atomic E-state index is 0.172. The highest BCUT2D eigenvalue weighted by Crippen LogP contribution is 2.29. The van der Waals surface area contributed by atoms with Crippen LogP contribution in [0, 0.1) is 17.5 Å². The van der Waals surface area contributed by atoms with Gasteiger partial charge >= 0.3 is 0 Å². The minimum Gasteiger partial charge on any atom is -0.496 e. The molecular formula is C15H13BrF3NO. The molecule has 0 aliphatic carbocycles. The minimum atomic E-state index is -1.47. The molecule has 21 heavy (non-hydrogen) atoms. The van der Waals surface area contributed by atoms with Crippen LogP contribution in [0.5, 0.6) is 5.75 Å². The molecule has 0 amide bonds. The van der Waals surface area contributed by atoms with Gasteiger partial charge in [0, 0.05) is 23.9 Å². The summed E-state index contributed by atoms with van der Waals surface area (Å²) in [6.07, 6.45) is 0. The summed E-state index contributed by atoms with van der Waals surface area (Å²) < 4.78 is 45.2. The van der Waals surface area contributed by atoms with Crippen LogP contribution >= 0.6 is 15.9 Å². The Morgan fingerprint density at radius 1 is 1.10 bits per heavy atom. The average Bonchev–Trinajstić information content (AvgIpc) is 2.44. The number of rotatable bonds is 4. The topological polar surface area (TPSA) is 21.3 Å². The zero-order chi connectivity index (χ0) is 15.6. The van der Waals surface area contributed by atoms with Crippen LogP contribution in [-0.4, -0.2) is 7.11 Å². The number of hydrogen-bond acceptors (Lipinski definition) is 2. The molecule has 0 radical (unpaired) electrons. The van der Waals surface area contributed by atoms with Crippen LogP contribution < -0.4 is 10.1 Å². The molecule has 6 heteroatoms. The third-order valence-electron chi connectivity index (χ3n) is 3.04. The van der Waals surface area contributed by atoms with Gasteiger partial charge in [-0.2, -0.15) is 0 Å². The summed E-state index contributed by atoms with van der Waals surface area (Å²) in [6.45, 7) is 1.83. The standard InChI is InChI=1S/C15H13BrF3NO/c1-8(9-3-4-14(21-2)11(16)5-9)20-10-6-12(17)15(19)13(18)7-10/h3-8,20H,1-2H3. The Balaban J connectivity index is 2.21. The summed E-state index contributed by atoms with van der Waals surface area (Å²) in [5.41, 5.74) is 1.05. The highest BCUT2D eigenvalue weighted by atomic mass is 79.9. The van der Waals surface area contributed by atoms with Crippen molar-refractivity contribution in [2.24, 2.45) is 0 Å². The van der Waals surface area contributed by atoms with Crippen molar-refractivity contribution in [1.82, 2.24) is 0 Å². The van der Waals surface area contributed by atoms with Crippen molar-refractivity contribution in [3.8, 4) is 5.75 Å². The van der Waals surface area contributed by atoms with E-state index in [0.717, 1.165) is 22.2 Å². The van der Waals surface area contributed by atoms with Gasteiger partial charge in [-0.3, -0.25) is 0 Å². The zero-order valence-corrected chi connectivity index (χ0v) is 13.0. The first-order valence-electron chi connectivity index (χ1n) is 6.17. The Labute approximate surface area is 129 Å². The van der Waals surface area contributed by atoms with E-state index in [0.29, 0.717) is 5.75 Å². The maximum atomic E-state index is 13.2. The van der Waals surface area contributed by atoms with E-state index in [1.165, 1.54) is 0 Å². The molecule has 112 valence electrons. The number of hydrogen-bond donors (Lipinski definition) is 1. The molecule has 0 fully saturated rings. The van der Waals surface area contributed by atoms with Gasteiger partial charge in [-0.15, -0.1) is 0 Å². The lowest BCUT2D eigenvalue weighted by Gasteiger charge is -2.17. The molecular weight excluding hydrogens is 347 g/mol. The van der Waals surface area contributed by atoms with Gasteiger partial charge in [-0.05, 0) is 40.5 Å². The lowest BCUT2D eigenvalue weighted by Crippen LogP contribution is -2.08. The Kier molecular flexibility index (Phi) is 4.77. The highest BCUT2D eigenvalue weighted by Gasteiger charge is 2.13. The molecule has 1 unspecified atom stereocenters. The molecule has 0 heterocycles. The maximum Gasteiger partial charge on any atom is 0.194 e. The van der Waals surface area contributed by atoms with E-state index >= 15 is 0 Å². The normalized spacial score (nSPS) is 12.1. The van der Waals surface area contributed by atoms with Crippen LogP contribution in [-0.2, 0) is 0 Å². The molecule has 1 atom stereocenters. The summed E-state index contributed by atoms with van der Waals surface area (Å²) in [4.78, 5) is 0. The first kappa shape index (κ1) is 15.7. The summed E-state index contributed by atoms with van der Waals surface area (Å²) >= 11 is 3.37. The molecule has 0 saturated heterocycles. The van der Waals surface area contributed by atoms with Gasteiger partial charge in [0.2, 0.25) is 0 Å². The van der Waals surface area contributed by atoms with Crippen molar-refractivity contribution in [3.05, 3.63) is 57.8 Å². The van der Waals surface area contributed by atoms with Gasteiger partial charge in [0.05, 0.1) is 11.6 Å². The predicted octanol–water partition coefficient (Wildman–Crippen LogP) is 5.05. The van der Waals surface area contributed by atoms with E-state index in [1.807, 2.05) is 19.1 Å². The number of benzene rings is 2. The van der Waals surface area contributed by atoms with Crippen LogP contribution in [0.15, 0.2) is 34.8 Å². The van der Waals surface area contributed by atoms with Gasteiger partial charge in [0.25, 0.3) is 0 Å². The molecule has 0 aliphatic heterocycles. The predicted molar refractivity (Wildman–Crippen MR) is 79.0 cm³/mol. The number of halogens is 4. The van der Waals surface area contributed by atoms with Crippen molar-refractivity contribution in [3.63, 3.8) is 0 Å². The molecule has 2 rings (SSSR count). The number of ether oxygens (including phenoxy) is 1. The van der Waals surface area contributed by atoms with Crippen molar-refractivity contribution >= 4 is 21.6 Å². The maximum absolute atomic E-state index is 13.2. The summed E-state index contributed by atoms with van der Waals surface area (Å²) in [6, 6.07) is 7.07. The van der Waals surface area contributed by atoms with E-state index in [1.54, 1.807) is 13.2 Å². The second kappa shape index (κ2) is 6.39. The lowest BCUT2D eigenvalue weighted by atomic mass is 10.1. The molecule has 0 spiro atoms. The van der Waals surface area contributed by atoms with Crippen molar-refractivity contribution < 1.29 is 17.9 Å². The largest absolute Gasteiger partial charge is 0.496 e. The van der Waals surface area contributed by atoms with Crippen LogP contribution in [0.4, 0.5) is 18.9 Å². The SMILES string of the molecule is COc1ccc(C(C)Nc2cc(F)c(F)c(F)c2)cc1Br. The van der Waals surface area contributed by atoms with E-state index in [-0.39, 0.29) is 11.7 Å². The average molecular weight is 360 g/mol. The fourth-order valence-electron chi connectivity index (χ4n) is 1.92. The van der Waals surface area contributed by atoms with E-state index < -0.39 is 17.5 Å². The molecule has 2 aromatic rings. The molecule has 2 nitrogen and oxygen atoms in total. The Bertz CT molecular complexity index is 640.